The van der Waals surface area contributed by atoms with E-state index in [-0.39, 0.29) is 12.5 Å². The van der Waals surface area contributed by atoms with Gasteiger partial charge in [0.15, 0.2) is 0 Å². The number of amides is 1. The molecule has 0 aliphatic rings. The molecule has 0 bridgehead atoms. The summed E-state index contributed by atoms with van der Waals surface area (Å²) in [5.74, 6) is 1.62. The molecule has 0 spiro atoms. The second kappa shape index (κ2) is 9.45. The molecule has 0 saturated carbocycles. The van der Waals surface area contributed by atoms with Crippen molar-refractivity contribution in [3.05, 3.63) is 84.4 Å². The van der Waals surface area contributed by atoms with Crippen LogP contribution >= 0.6 is 11.8 Å². The molecular weight excluding hydrogens is 396 g/mol. The standard InChI is InChI=1S/C23H22N4O2S/c1-29-19-6-4-17(5-7-19)16-30-23-20-9-12-27(21(20)8-11-25-23)15-22(28)26-14-18-3-2-10-24-13-18/h2-13H,14-16H2,1H3,(H,26,28). The van der Waals surface area contributed by atoms with Gasteiger partial charge in [0, 0.05) is 42.5 Å². The van der Waals surface area contributed by atoms with Crippen LogP contribution in [0.2, 0.25) is 0 Å². The molecule has 1 N–H and O–H groups in total. The minimum atomic E-state index is -0.0411. The van der Waals surface area contributed by atoms with Crippen LogP contribution in [0, 0.1) is 0 Å². The summed E-state index contributed by atoms with van der Waals surface area (Å²) in [5, 5.41) is 4.95. The van der Waals surface area contributed by atoms with E-state index in [4.69, 9.17) is 4.74 Å². The predicted molar refractivity (Wildman–Crippen MR) is 118 cm³/mol. The van der Waals surface area contributed by atoms with E-state index in [2.05, 4.69) is 27.4 Å². The van der Waals surface area contributed by atoms with E-state index in [1.807, 2.05) is 47.2 Å². The molecule has 1 amide bonds. The van der Waals surface area contributed by atoms with Crippen molar-refractivity contribution in [1.29, 1.82) is 0 Å². The fraction of sp³-hybridized carbons (Fsp3) is 0.174. The summed E-state index contributed by atoms with van der Waals surface area (Å²) in [6, 6.07) is 15.8. The normalized spacial score (nSPS) is 10.8. The van der Waals surface area contributed by atoms with Gasteiger partial charge in [-0.1, -0.05) is 18.2 Å². The highest BCUT2D eigenvalue weighted by molar-refractivity contribution is 7.98. The number of hydrogen-bond acceptors (Lipinski definition) is 5. The number of aromatic nitrogens is 3. The third-order valence-electron chi connectivity index (χ3n) is 4.72. The summed E-state index contributed by atoms with van der Waals surface area (Å²) in [6.45, 7) is 0.729. The van der Waals surface area contributed by atoms with Crippen LogP contribution < -0.4 is 10.1 Å². The van der Waals surface area contributed by atoms with E-state index >= 15 is 0 Å². The lowest BCUT2D eigenvalue weighted by molar-refractivity contribution is -0.121. The summed E-state index contributed by atoms with van der Waals surface area (Å²) in [6.07, 6.45) is 7.20. The van der Waals surface area contributed by atoms with Crippen molar-refractivity contribution in [3.8, 4) is 5.75 Å². The Bertz CT molecular complexity index is 1130. The third kappa shape index (κ3) is 4.80. The van der Waals surface area contributed by atoms with E-state index in [9.17, 15) is 4.79 Å². The van der Waals surface area contributed by atoms with Crippen LogP contribution in [0.25, 0.3) is 10.9 Å². The number of rotatable bonds is 8. The lowest BCUT2D eigenvalue weighted by atomic mass is 10.2. The Kier molecular flexibility index (Phi) is 6.29. The Morgan fingerprint density at radius 3 is 2.73 bits per heavy atom. The van der Waals surface area contributed by atoms with Gasteiger partial charge >= 0.3 is 0 Å². The quantitative estimate of drug-likeness (QED) is 0.437. The highest BCUT2D eigenvalue weighted by Crippen LogP contribution is 2.29. The monoisotopic (exact) mass is 418 g/mol. The SMILES string of the molecule is COc1ccc(CSc2nccc3c2ccn3CC(=O)NCc2cccnc2)cc1. The van der Waals surface area contributed by atoms with Crippen LogP contribution in [0.4, 0.5) is 0 Å². The molecule has 4 aromatic rings. The number of carbonyl (C=O) groups excluding carboxylic acids is 1. The molecule has 3 heterocycles. The summed E-state index contributed by atoms with van der Waals surface area (Å²) in [4.78, 5) is 21.0. The average molecular weight is 419 g/mol. The topological polar surface area (TPSA) is 69.0 Å². The molecule has 30 heavy (non-hydrogen) atoms. The Morgan fingerprint density at radius 2 is 1.97 bits per heavy atom. The maximum Gasteiger partial charge on any atom is 0.240 e. The highest BCUT2D eigenvalue weighted by atomic mass is 32.2. The summed E-state index contributed by atoms with van der Waals surface area (Å²) in [5.41, 5.74) is 3.18. The molecule has 0 fully saturated rings. The Balaban J connectivity index is 1.41. The molecule has 0 saturated heterocycles. The van der Waals surface area contributed by atoms with Crippen molar-refractivity contribution in [2.45, 2.75) is 23.9 Å². The number of benzene rings is 1. The van der Waals surface area contributed by atoms with Gasteiger partial charge in [-0.15, -0.1) is 11.8 Å². The first-order valence-electron chi connectivity index (χ1n) is 9.58. The van der Waals surface area contributed by atoms with Crippen molar-refractivity contribution in [1.82, 2.24) is 19.9 Å². The molecular formula is C23H22N4O2S. The van der Waals surface area contributed by atoms with Gasteiger partial charge < -0.3 is 14.6 Å². The summed E-state index contributed by atoms with van der Waals surface area (Å²) in [7, 11) is 1.66. The van der Waals surface area contributed by atoms with Crippen molar-refractivity contribution < 1.29 is 9.53 Å². The zero-order valence-corrected chi connectivity index (χ0v) is 17.4. The molecule has 0 unspecified atom stereocenters. The summed E-state index contributed by atoms with van der Waals surface area (Å²) >= 11 is 1.68. The van der Waals surface area contributed by atoms with Crippen LogP contribution in [0.3, 0.4) is 0 Å². The number of nitrogens with one attached hydrogen (secondary N) is 1. The van der Waals surface area contributed by atoms with Crippen LogP contribution in [0.1, 0.15) is 11.1 Å². The first kappa shape index (κ1) is 20.0. The number of ether oxygens (including phenoxy) is 1. The molecule has 7 heteroatoms. The van der Waals surface area contributed by atoms with Gasteiger partial charge in [-0.05, 0) is 41.5 Å². The molecule has 152 valence electrons. The number of pyridine rings is 2. The van der Waals surface area contributed by atoms with Crippen molar-refractivity contribution in [2.75, 3.05) is 7.11 Å². The highest BCUT2D eigenvalue weighted by Gasteiger charge is 2.10. The van der Waals surface area contributed by atoms with Gasteiger partial charge in [0.1, 0.15) is 17.3 Å². The van der Waals surface area contributed by atoms with E-state index in [0.717, 1.165) is 33.0 Å². The second-order valence-corrected chi connectivity index (χ2v) is 7.73. The number of nitrogens with zero attached hydrogens (tertiary/aromatic N) is 3. The molecule has 4 rings (SSSR count). The number of fused-ring (bicyclic) bond motifs is 1. The van der Waals surface area contributed by atoms with Crippen molar-refractivity contribution >= 4 is 28.6 Å². The maximum atomic E-state index is 12.4. The van der Waals surface area contributed by atoms with E-state index in [1.165, 1.54) is 5.56 Å². The average Bonchev–Trinajstić information content (AvgIpc) is 3.20. The Morgan fingerprint density at radius 1 is 1.10 bits per heavy atom. The maximum absolute atomic E-state index is 12.4. The van der Waals surface area contributed by atoms with Crippen molar-refractivity contribution in [3.63, 3.8) is 0 Å². The zero-order chi connectivity index (χ0) is 20.8. The number of methoxy groups -OCH3 is 1. The molecule has 0 atom stereocenters. The lowest BCUT2D eigenvalue weighted by Crippen LogP contribution is -2.26. The summed E-state index contributed by atoms with van der Waals surface area (Å²) < 4.78 is 7.16. The van der Waals surface area contributed by atoms with Crippen LogP contribution in [-0.4, -0.2) is 27.6 Å². The Labute approximate surface area is 179 Å². The first-order valence-corrected chi connectivity index (χ1v) is 10.6. The molecule has 0 aliphatic heterocycles. The number of thioether (sulfide) groups is 1. The molecule has 1 aromatic carbocycles. The van der Waals surface area contributed by atoms with E-state index in [1.54, 1.807) is 37.5 Å². The predicted octanol–water partition coefficient (Wildman–Crippen LogP) is 4.05. The van der Waals surface area contributed by atoms with Gasteiger partial charge in [0.05, 0.1) is 12.6 Å². The molecule has 3 aromatic heterocycles. The van der Waals surface area contributed by atoms with E-state index in [0.29, 0.717) is 6.54 Å². The van der Waals surface area contributed by atoms with Gasteiger partial charge in [0.2, 0.25) is 5.91 Å². The van der Waals surface area contributed by atoms with Crippen LogP contribution in [-0.2, 0) is 23.6 Å². The minimum Gasteiger partial charge on any atom is -0.497 e. The van der Waals surface area contributed by atoms with Gasteiger partial charge in [-0.3, -0.25) is 9.78 Å². The van der Waals surface area contributed by atoms with E-state index < -0.39 is 0 Å². The number of carbonyl (C=O) groups is 1. The minimum absolute atomic E-state index is 0.0411. The van der Waals surface area contributed by atoms with Crippen molar-refractivity contribution in [2.24, 2.45) is 0 Å². The molecule has 0 aliphatic carbocycles. The van der Waals surface area contributed by atoms with Gasteiger partial charge in [0.25, 0.3) is 0 Å². The fourth-order valence-electron chi connectivity index (χ4n) is 3.14. The second-order valence-electron chi connectivity index (χ2n) is 6.77. The zero-order valence-electron chi connectivity index (χ0n) is 16.6. The van der Waals surface area contributed by atoms with Gasteiger partial charge in [-0.2, -0.15) is 0 Å². The van der Waals surface area contributed by atoms with Crippen LogP contribution in [0.5, 0.6) is 5.75 Å². The largest absolute Gasteiger partial charge is 0.497 e. The Hall–Kier alpha value is -3.32. The van der Waals surface area contributed by atoms with Crippen LogP contribution in [0.15, 0.2) is 78.3 Å². The smallest absolute Gasteiger partial charge is 0.240 e. The molecule has 6 nitrogen and oxygen atoms in total. The lowest BCUT2D eigenvalue weighted by Gasteiger charge is -2.08. The number of hydrogen-bond donors (Lipinski definition) is 1. The molecule has 0 radical (unpaired) electrons. The fourth-order valence-corrected chi connectivity index (χ4v) is 4.10. The first-order chi connectivity index (χ1) is 14.7. The third-order valence-corrected chi connectivity index (χ3v) is 5.80. The van der Waals surface area contributed by atoms with Gasteiger partial charge in [-0.25, -0.2) is 4.98 Å².